The molecule has 146 valence electrons. The van der Waals surface area contributed by atoms with Crippen LogP contribution in [0.2, 0.25) is 0 Å². The molecule has 0 radical (unpaired) electrons. The smallest absolute Gasteiger partial charge is 0.325 e. The van der Waals surface area contributed by atoms with E-state index in [1.54, 1.807) is 0 Å². The Balaban J connectivity index is 1.48. The molecular formula is C19H32N4O3. The van der Waals surface area contributed by atoms with Gasteiger partial charge in [0, 0.05) is 19.1 Å². The minimum absolute atomic E-state index is 0.185. The lowest BCUT2D eigenvalue weighted by atomic mass is 9.82. The molecule has 2 heterocycles. The van der Waals surface area contributed by atoms with Gasteiger partial charge in [0.05, 0.1) is 0 Å². The molecular weight excluding hydrogens is 332 g/mol. The number of imide groups is 1. The van der Waals surface area contributed by atoms with Gasteiger partial charge in [-0.3, -0.25) is 19.4 Å². The van der Waals surface area contributed by atoms with Crippen molar-refractivity contribution in [1.82, 2.24) is 20.4 Å². The predicted octanol–water partition coefficient (Wildman–Crippen LogP) is 1.48. The Morgan fingerprint density at radius 2 is 2.00 bits per heavy atom. The fourth-order valence-electron chi connectivity index (χ4n) is 4.53. The number of piperidine rings is 1. The van der Waals surface area contributed by atoms with E-state index in [1.807, 2.05) is 0 Å². The van der Waals surface area contributed by atoms with Crippen LogP contribution in [0.5, 0.6) is 0 Å². The third kappa shape index (κ3) is 4.03. The Morgan fingerprint density at radius 3 is 2.69 bits per heavy atom. The third-order valence-electron chi connectivity index (χ3n) is 6.16. The van der Waals surface area contributed by atoms with E-state index in [9.17, 15) is 14.4 Å². The fraction of sp³-hybridized carbons (Fsp3) is 0.842. The predicted molar refractivity (Wildman–Crippen MR) is 98.5 cm³/mol. The number of carbonyl (C=O) groups is 3. The molecule has 3 aliphatic rings. The summed E-state index contributed by atoms with van der Waals surface area (Å²) in [4.78, 5) is 40.7. The first-order chi connectivity index (χ1) is 12.4. The highest BCUT2D eigenvalue weighted by atomic mass is 16.2. The van der Waals surface area contributed by atoms with Gasteiger partial charge < -0.3 is 10.6 Å². The van der Waals surface area contributed by atoms with Crippen LogP contribution >= 0.6 is 0 Å². The van der Waals surface area contributed by atoms with Crippen LogP contribution in [0, 0.1) is 5.92 Å². The van der Waals surface area contributed by atoms with Crippen LogP contribution in [0.15, 0.2) is 0 Å². The number of rotatable bonds is 5. The molecule has 4 amide bonds. The highest BCUT2D eigenvalue weighted by molar-refractivity contribution is 6.09. The van der Waals surface area contributed by atoms with Crippen molar-refractivity contribution in [2.45, 2.75) is 70.4 Å². The molecule has 1 saturated carbocycles. The van der Waals surface area contributed by atoms with Crippen LogP contribution in [-0.4, -0.2) is 65.4 Å². The first kappa shape index (κ1) is 19.1. The molecule has 3 fully saturated rings. The largest absolute Gasteiger partial charge is 0.353 e. The molecule has 1 spiro atoms. The van der Waals surface area contributed by atoms with E-state index in [1.165, 1.54) is 12.8 Å². The van der Waals surface area contributed by atoms with Crippen molar-refractivity contribution in [3.05, 3.63) is 0 Å². The molecule has 2 aliphatic heterocycles. The van der Waals surface area contributed by atoms with E-state index in [0.29, 0.717) is 25.3 Å². The van der Waals surface area contributed by atoms with Gasteiger partial charge in [0.15, 0.2) is 0 Å². The van der Waals surface area contributed by atoms with Crippen LogP contribution in [-0.2, 0) is 9.59 Å². The molecule has 2 N–H and O–H groups in total. The van der Waals surface area contributed by atoms with Gasteiger partial charge in [-0.2, -0.15) is 0 Å². The summed E-state index contributed by atoms with van der Waals surface area (Å²) < 4.78 is 0. The van der Waals surface area contributed by atoms with Crippen molar-refractivity contribution in [1.29, 1.82) is 0 Å². The second-order valence-corrected chi connectivity index (χ2v) is 8.36. The number of hydrogen-bond donors (Lipinski definition) is 2. The lowest BCUT2D eigenvalue weighted by molar-refractivity contribution is -0.135. The zero-order valence-corrected chi connectivity index (χ0v) is 16.1. The number of hydrogen-bond acceptors (Lipinski definition) is 4. The highest BCUT2D eigenvalue weighted by Crippen LogP contribution is 2.33. The molecule has 0 bridgehead atoms. The highest BCUT2D eigenvalue weighted by Gasteiger charge is 2.51. The second-order valence-electron chi connectivity index (χ2n) is 8.36. The van der Waals surface area contributed by atoms with Gasteiger partial charge in [0.2, 0.25) is 5.91 Å². The minimum Gasteiger partial charge on any atom is -0.353 e. The average Bonchev–Trinajstić information content (AvgIpc) is 2.84. The molecule has 2 atom stereocenters. The summed E-state index contributed by atoms with van der Waals surface area (Å²) >= 11 is 0. The normalized spacial score (nSPS) is 27.5. The summed E-state index contributed by atoms with van der Waals surface area (Å²) in [6.07, 6.45) is 6.81. The van der Waals surface area contributed by atoms with E-state index >= 15 is 0 Å². The van der Waals surface area contributed by atoms with E-state index in [4.69, 9.17) is 0 Å². The summed E-state index contributed by atoms with van der Waals surface area (Å²) in [7, 11) is 0. The number of nitrogens with one attached hydrogen (secondary N) is 2. The summed E-state index contributed by atoms with van der Waals surface area (Å²) in [5.74, 6) is 0.202. The van der Waals surface area contributed by atoms with Gasteiger partial charge in [-0.25, -0.2) is 4.79 Å². The van der Waals surface area contributed by atoms with Crippen molar-refractivity contribution in [2.75, 3.05) is 26.2 Å². The van der Waals surface area contributed by atoms with E-state index in [0.717, 1.165) is 37.3 Å². The Bertz CT molecular complexity index is 559. The first-order valence-corrected chi connectivity index (χ1v) is 10.1. The minimum atomic E-state index is -0.757. The zero-order chi connectivity index (χ0) is 18.7. The number of urea groups is 1. The van der Waals surface area contributed by atoms with E-state index in [-0.39, 0.29) is 24.4 Å². The van der Waals surface area contributed by atoms with Crippen molar-refractivity contribution >= 4 is 17.8 Å². The Labute approximate surface area is 155 Å². The number of amides is 4. The first-order valence-electron chi connectivity index (χ1n) is 10.1. The van der Waals surface area contributed by atoms with Crippen molar-refractivity contribution in [3.63, 3.8) is 0 Å². The molecule has 7 heteroatoms. The van der Waals surface area contributed by atoms with Crippen LogP contribution in [0.4, 0.5) is 4.79 Å². The fourth-order valence-corrected chi connectivity index (χ4v) is 4.53. The van der Waals surface area contributed by atoms with Gasteiger partial charge in [-0.05, 0) is 45.1 Å². The maximum Gasteiger partial charge on any atom is 0.325 e. The lowest BCUT2D eigenvalue weighted by Gasteiger charge is -2.35. The SMILES string of the molecule is CC1CCCN(C(C)CNC(=O)CN2C(=O)NC3(CCCCC3)C2=O)C1. The monoisotopic (exact) mass is 364 g/mol. The van der Waals surface area contributed by atoms with E-state index < -0.39 is 11.6 Å². The van der Waals surface area contributed by atoms with Crippen LogP contribution in [0.1, 0.15) is 58.8 Å². The standard InChI is InChI=1S/C19H32N4O3/c1-14-7-6-10-22(12-14)15(2)11-20-16(24)13-23-17(25)19(21-18(23)26)8-4-3-5-9-19/h14-15H,3-13H2,1-2H3,(H,20,24)(H,21,26). The van der Waals surface area contributed by atoms with Crippen molar-refractivity contribution in [2.24, 2.45) is 5.92 Å². The van der Waals surface area contributed by atoms with Crippen molar-refractivity contribution in [3.8, 4) is 0 Å². The molecule has 0 aromatic carbocycles. The molecule has 3 rings (SSSR count). The molecule has 26 heavy (non-hydrogen) atoms. The summed E-state index contributed by atoms with van der Waals surface area (Å²) in [6.45, 7) is 6.86. The zero-order valence-electron chi connectivity index (χ0n) is 16.1. The summed E-state index contributed by atoms with van der Waals surface area (Å²) in [5.41, 5.74) is -0.757. The van der Waals surface area contributed by atoms with Gasteiger partial charge in [-0.1, -0.05) is 26.2 Å². The van der Waals surface area contributed by atoms with Crippen LogP contribution in [0.25, 0.3) is 0 Å². The second kappa shape index (κ2) is 7.94. The summed E-state index contributed by atoms with van der Waals surface area (Å²) in [5, 5.41) is 5.74. The maximum atomic E-state index is 12.7. The summed E-state index contributed by atoms with van der Waals surface area (Å²) in [6, 6.07) is -0.167. The molecule has 1 aliphatic carbocycles. The number of carbonyl (C=O) groups excluding carboxylic acids is 3. The molecule has 2 saturated heterocycles. The third-order valence-corrected chi connectivity index (χ3v) is 6.16. The lowest BCUT2D eigenvalue weighted by Crippen LogP contribution is -2.50. The quantitative estimate of drug-likeness (QED) is 0.724. The van der Waals surface area contributed by atoms with Crippen LogP contribution in [0.3, 0.4) is 0 Å². The van der Waals surface area contributed by atoms with Crippen LogP contribution < -0.4 is 10.6 Å². The van der Waals surface area contributed by atoms with Gasteiger partial charge >= 0.3 is 6.03 Å². The molecule has 7 nitrogen and oxygen atoms in total. The molecule has 2 unspecified atom stereocenters. The maximum absolute atomic E-state index is 12.7. The average molecular weight is 364 g/mol. The molecule has 0 aromatic rings. The topological polar surface area (TPSA) is 81.8 Å². The number of likely N-dealkylation sites (tertiary alicyclic amines) is 1. The van der Waals surface area contributed by atoms with Crippen molar-refractivity contribution < 1.29 is 14.4 Å². The van der Waals surface area contributed by atoms with Gasteiger partial charge in [-0.15, -0.1) is 0 Å². The van der Waals surface area contributed by atoms with Gasteiger partial charge in [0.25, 0.3) is 5.91 Å². The molecule has 0 aromatic heterocycles. The Morgan fingerprint density at radius 1 is 1.27 bits per heavy atom. The van der Waals surface area contributed by atoms with Gasteiger partial charge in [0.1, 0.15) is 12.1 Å². The number of nitrogens with zero attached hydrogens (tertiary/aromatic N) is 2. The van der Waals surface area contributed by atoms with E-state index in [2.05, 4.69) is 29.4 Å². The Hall–Kier alpha value is -1.63. The Kier molecular flexibility index (Phi) is 5.85.